The van der Waals surface area contributed by atoms with E-state index in [4.69, 9.17) is 5.26 Å². The second-order valence-corrected chi connectivity index (χ2v) is 9.94. The van der Waals surface area contributed by atoms with Crippen molar-refractivity contribution in [3.8, 4) is 0 Å². The van der Waals surface area contributed by atoms with Gasteiger partial charge in [-0.3, -0.25) is 5.26 Å². The summed E-state index contributed by atoms with van der Waals surface area (Å²) >= 11 is 0. The van der Waals surface area contributed by atoms with Crippen LogP contribution in [0.15, 0.2) is 0 Å². The van der Waals surface area contributed by atoms with Gasteiger partial charge >= 0.3 is 0 Å². The highest BCUT2D eigenvalue weighted by Crippen LogP contribution is 2.22. The molecule has 1 aromatic rings. The summed E-state index contributed by atoms with van der Waals surface area (Å²) in [5, 5.41) is 8.15. The minimum Gasteiger partial charge on any atom is -0.251 e. The van der Waals surface area contributed by atoms with Gasteiger partial charge < -0.3 is 0 Å². The Labute approximate surface area is 99.0 Å². The second kappa shape index (κ2) is 4.79. The summed E-state index contributed by atoms with van der Waals surface area (Å²) in [6.45, 7) is 5.91. The van der Waals surface area contributed by atoms with E-state index in [1.807, 2.05) is 0 Å². The molecule has 17 heavy (non-hydrogen) atoms. The van der Waals surface area contributed by atoms with Crippen molar-refractivity contribution >= 4 is 13.3 Å². The molecule has 0 spiro atoms. The lowest BCUT2D eigenvalue weighted by Gasteiger charge is -2.21. The number of hydrogen-bond acceptors (Lipinski definition) is 2. The molecule has 0 radical (unpaired) electrons. The molecule has 0 unspecified atom stereocenters. The molecule has 6 heteroatoms. The van der Waals surface area contributed by atoms with Gasteiger partial charge in [0.05, 0.1) is 8.07 Å². The maximum absolute atomic E-state index is 14.1. The van der Waals surface area contributed by atoms with Crippen molar-refractivity contribution in [2.45, 2.75) is 33.2 Å². The summed E-state index contributed by atoms with van der Waals surface area (Å²) in [5.74, 6) is -3.01. The summed E-state index contributed by atoms with van der Waals surface area (Å²) in [5.41, 5.74) is -0.306. The van der Waals surface area contributed by atoms with Crippen molar-refractivity contribution in [1.82, 2.24) is 0 Å². The molecule has 1 aromatic carbocycles. The van der Waals surface area contributed by atoms with E-state index in [9.17, 15) is 13.2 Å². The lowest BCUT2D eigenvalue weighted by molar-refractivity contribution is -0.253. The van der Waals surface area contributed by atoms with Gasteiger partial charge in [0, 0.05) is 10.8 Å². The highest BCUT2D eigenvalue weighted by atomic mass is 28.3. The summed E-state index contributed by atoms with van der Waals surface area (Å²) in [6, 6.07) is 0. The Morgan fingerprint density at radius 2 is 1.59 bits per heavy atom. The third-order valence-electron chi connectivity index (χ3n) is 2.64. The number of hydrogen-bond donors (Lipinski definition) is 1. The first-order valence-electron chi connectivity index (χ1n) is 5.14. The van der Waals surface area contributed by atoms with E-state index in [1.165, 1.54) is 6.92 Å². The quantitative estimate of drug-likeness (QED) is 0.393. The van der Waals surface area contributed by atoms with Crippen LogP contribution in [0.25, 0.3) is 0 Å². The number of halogens is 3. The van der Waals surface area contributed by atoms with Crippen LogP contribution in [0, 0.1) is 24.4 Å². The third-order valence-corrected chi connectivity index (χ3v) is 4.58. The van der Waals surface area contributed by atoms with Gasteiger partial charge in [0.25, 0.3) is 0 Å². The van der Waals surface area contributed by atoms with E-state index in [0.29, 0.717) is 0 Å². The highest BCUT2D eigenvalue weighted by Gasteiger charge is 2.31. The number of rotatable bonds is 3. The van der Waals surface area contributed by atoms with Crippen LogP contribution in [0.5, 0.6) is 0 Å². The normalized spacial score (nSPS) is 12.0. The molecule has 0 aliphatic carbocycles. The van der Waals surface area contributed by atoms with Crippen molar-refractivity contribution in [2.75, 3.05) is 0 Å². The largest absolute Gasteiger partial charge is 0.251 e. The summed E-state index contributed by atoms with van der Waals surface area (Å²) in [6.07, 6.45) is 0. The first kappa shape index (κ1) is 14.2. The van der Waals surface area contributed by atoms with Gasteiger partial charge in [0.15, 0.2) is 11.6 Å². The Hall–Kier alpha value is -0.853. The van der Waals surface area contributed by atoms with Gasteiger partial charge in [-0.2, -0.15) is 0 Å². The summed E-state index contributed by atoms with van der Waals surface area (Å²) in [4.78, 5) is 3.84. The van der Waals surface area contributed by atoms with Gasteiger partial charge in [-0.15, -0.1) is 0 Å². The van der Waals surface area contributed by atoms with Gasteiger partial charge in [0.2, 0.25) is 0 Å². The van der Waals surface area contributed by atoms with E-state index in [0.717, 1.165) is 0 Å². The lowest BCUT2D eigenvalue weighted by atomic mass is 10.1. The van der Waals surface area contributed by atoms with Crippen LogP contribution in [0.1, 0.15) is 11.1 Å². The molecular weight excluding hydrogens is 249 g/mol. The first-order valence-corrected chi connectivity index (χ1v) is 8.64. The molecule has 96 valence electrons. The molecule has 0 aromatic heterocycles. The lowest BCUT2D eigenvalue weighted by Crippen LogP contribution is -2.44. The van der Waals surface area contributed by atoms with Crippen LogP contribution >= 0.6 is 0 Å². The van der Waals surface area contributed by atoms with Crippen LogP contribution in [-0.2, 0) is 11.5 Å². The van der Waals surface area contributed by atoms with Crippen molar-refractivity contribution < 1.29 is 23.3 Å². The minimum absolute atomic E-state index is 0.135. The molecule has 0 atom stereocenters. The fraction of sp³-hybridized carbons (Fsp3) is 0.455. The molecule has 0 aliphatic heterocycles. The zero-order chi connectivity index (χ0) is 13.4. The summed E-state index contributed by atoms with van der Waals surface area (Å²) in [7, 11) is -2.36. The fourth-order valence-electron chi connectivity index (χ4n) is 1.71. The Morgan fingerprint density at radius 3 is 2.00 bits per heavy atom. The van der Waals surface area contributed by atoms with Crippen LogP contribution < -0.4 is 5.19 Å². The average molecular weight is 264 g/mol. The van der Waals surface area contributed by atoms with Gasteiger partial charge in [-0.1, -0.05) is 19.6 Å². The van der Waals surface area contributed by atoms with Crippen LogP contribution in [0.3, 0.4) is 0 Å². The molecule has 2 nitrogen and oxygen atoms in total. The molecule has 0 heterocycles. The van der Waals surface area contributed by atoms with Crippen molar-refractivity contribution in [1.29, 1.82) is 0 Å². The molecule has 1 rings (SSSR count). The predicted octanol–water partition coefficient (Wildman–Crippen LogP) is 2.95. The van der Waals surface area contributed by atoms with Gasteiger partial charge in [-0.05, 0) is 12.5 Å². The predicted molar refractivity (Wildman–Crippen MR) is 61.5 cm³/mol. The Balaban J connectivity index is 3.62. The van der Waals surface area contributed by atoms with E-state index in [-0.39, 0.29) is 16.3 Å². The van der Waals surface area contributed by atoms with Gasteiger partial charge in [-0.25, -0.2) is 18.1 Å². The number of benzene rings is 1. The Kier molecular flexibility index (Phi) is 4.01. The SMILES string of the molecule is Cc1c(F)c(F)c([Si](C)(C)C)c(F)c1COO. The average Bonchev–Trinajstić information content (AvgIpc) is 2.19. The second-order valence-electron chi connectivity index (χ2n) is 4.94. The van der Waals surface area contributed by atoms with Crippen molar-refractivity contribution in [3.05, 3.63) is 28.6 Å². The van der Waals surface area contributed by atoms with E-state index in [2.05, 4.69) is 4.89 Å². The molecule has 0 amide bonds. The third kappa shape index (κ3) is 2.53. The van der Waals surface area contributed by atoms with Crippen molar-refractivity contribution in [2.24, 2.45) is 0 Å². The zero-order valence-corrected chi connectivity index (χ0v) is 11.2. The van der Waals surface area contributed by atoms with Crippen LogP contribution in [0.4, 0.5) is 13.2 Å². The monoisotopic (exact) mass is 264 g/mol. The molecule has 0 saturated heterocycles. The zero-order valence-electron chi connectivity index (χ0n) is 10.2. The van der Waals surface area contributed by atoms with Crippen molar-refractivity contribution in [3.63, 3.8) is 0 Å². The molecule has 1 N–H and O–H groups in total. The molecule has 0 aliphatic rings. The molecule has 0 fully saturated rings. The standard InChI is InChI=1S/C11H15F3O2Si/c1-6-7(5-16-15)9(13)11(17(2,3)4)10(14)8(6)12/h15H,5H2,1-4H3. The van der Waals surface area contributed by atoms with E-state index >= 15 is 0 Å². The Morgan fingerprint density at radius 1 is 1.06 bits per heavy atom. The van der Waals surface area contributed by atoms with E-state index in [1.54, 1.807) is 19.6 Å². The first-order chi connectivity index (χ1) is 7.71. The molecular formula is C11H15F3O2Si. The molecule has 0 bridgehead atoms. The summed E-state index contributed by atoms with van der Waals surface area (Å²) < 4.78 is 41.5. The topological polar surface area (TPSA) is 29.5 Å². The maximum Gasteiger partial charge on any atom is 0.162 e. The van der Waals surface area contributed by atoms with Gasteiger partial charge in [0.1, 0.15) is 12.4 Å². The molecule has 0 saturated carbocycles. The van der Waals surface area contributed by atoms with Crippen LogP contribution in [-0.4, -0.2) is 13.3 Å². The van der Waals surface area contributed by atoms with Crippen LogP contribution in [0.2, 0.25) is 19.6 Å². The Bertz CT molecular complexity index is 442. The van der Waals surface area contributed by atoms with E-state index < -0.39 is 32.1 Å². The smallest absolute Gasteiger partial charge is 0.162 e. The highest BCUT2D eigenvalue weighted by molar-refractivity contribution is 6.88. The fourth-order valence-corrected chi connectivity index (χ4v) is 3.29. The maximum atomic E-state index is 14.1. The minimum atomic E-state index is -2.36.